The van der Waals surface area contributed by atoms with E-state index in [4.69, 9.17) is 16.6 Å². The fourth-order valence-electron chi connectivity index (χ4n) is 0. The number of hydrogen-bond acceptors (Lipinski definition) is 0. The van der Waals surface area contributed by atoms with Gasteiger partial charge in [0.2, 0.25) is 0 Å². The maximum atomic E-state index is 4.97. The van der Waals surface area contributed by atoms with Gasteiger partial charge in [0, 0.05) is 0 Å². The van der Waals surface area contributed by atoms with Crippen LogP contribution in [-0.4, -0.2) is 27.4 Å². The minimum atomic E-state index is -1.07. The van der Waals surface area contributed by atoms with E-state index in [2.05, 4.69) is 0 Å². The van der Waals surface area contributed by atoms with Crippen LogP contribution in [0.4, 0.5) is 0 Å². The number of hydrogen-bond donors (Lipinski definition) is 0. The zero-order chi connectivity index (χ0) is 2.71. The summed E-state index contributed by atoms with van der Waals surface area (Å²) in [5.74, 6) is 0. The normalized spacial score (nSPS) is 1.25. The Hall–Kier alpha value is 1.30. The van der Waals surface area contributed by atoms with Crippen LogP contribution in [0.2, 0.25) is 0 Å². The molecule has 0 saturated heterocycles. The van der Waals surface area contributed by atoms with Crippen LogP contribution in [0.5, 0.6) is 0 Å². The molecule has 0 fully saturated rings. The summed E-state index contributed by atoms with van der Waals surface area (Å²) in [5.41, 5.74) is 0. The Balaban J connectivity index is -0.00000000200. The van der Waals surface area contributed by atoms with Gasteiger partial charge in [0.1, 0.15) is 0 Å². The van der Waals surface area contributed by atoms with Crippen LogP contribution < -0.4 is 0 Å². The fourth-order valence-corrected chi connectivity index (χ4v) is 0. The van der Waals surface area contributed by atoms with Crippen LogP contribution in [0, 0.1) is 0 Å². The molecule has 8 heavy (non-hydrogen) atoms. The fraction of sp³-hybridized carbons (Fsp3) is 0. The van der Waals surface area contributed by atoms with E-state index in [1.165, 1.54) is 0 Å². The summed E-state index contributed by atoms with van der Waals surface area (Å²) >= 11 is -1.07. The summed E-state index contributed by atoms with van der Waals surface area (Å²) in [6, 6.07) is 0. The van der Waals surface area contributed by atoms with Crippen LogP contribution in [-0.2, 0) is 21.8 Å². The van der Waals surface area contributed by atoms with Crippen molar-refractivity contribution in [1.29, 1.82) is 0 Å². The molecule has 56 valence electrons. The predicted octanol–water partition coefficient (Wildman–Crippen LogP) is -2.75. The molecule has 0 aliphatic heterocycles. The summed E-state index contributed by atoms with van der Waals surface area (Å²) < 4.78 is 0. The SMILES string of the molecule is O.O.O.O.O.[Cl][Cd][Cl]. The van der Waals surface area contributed by atoms with Crippen molar-refractivity contribution in [2.24, 2.45) is 0 Å². The van der Waals surface area contributed by atoms with E-state index in [1.54, 1.807) is 0 Å². The third kappa shape index (κ3) is 171. The first-order valence-corrected chi connectivity index (χ1v) is 10.8. The van der Waals surface area contributed by atoms with Gasteiger partial charge >= 0.3 is 38.4 Å². The predicted molar refractivity (Wildman–Crippen MR) is 29.8 cm³/mol. The van der Waals surface area contributed by atoms with Crippen molar-refractivity contribution in [2.75, 3.05) is 0 Å². The molecule has 0 aliphatic rings. The zero-order valence-electron chi connectivity index (χ0n) is 3.96. The van der Waals surface area contributed by atoms with Crippen molar-refractivity contribution in [3.05, 3.63) is 0 Å². The molecule has 5 nitrogen and oxygen atoms in total. The van der Waals surface area contributed by atoms with Crippen molar-refractivity contribution in [1.82, 2.24) is 0 Å². The molecule has 0 bridgehead atoms. The van der Waals surface area contributed by atoms with E-state index < -0.39 is 21.8 Å². The Morgan fingerprint density at radius 3 is 0.625 bits per heavy atom. The molecule has 0 radical (unpaired) electrons. The second-order valence-electron chi connectivity index (χ2n) is 0.101. The molecule has 0 aromatic heterocycles. The monoisotopic (exact) mass is 274 g/mol. The molecule has 0 heterocycles. The average Bonchev–Trinajstić information content (AvgIpc) is 0.918. The molecule has 10 N–H and O–H groups in total. The Bertz CT molecular complexity index is 10.4. The van der Waals surface area contributed by atoms with Gasteiger partial charge in [-0.05, 0) is 0 Å². The third-order valence-electron chi connectivity index (χ3n) is 0. The Labute approximate surface area is 65.7 Å². The van der Waals surface area contributed by atoms with Crippen LogP contribution in [0.1, 0.15) is 0 Å². The molecule has 0 amide bonds. The van der Waals surface area contributed by atoms with Gasteiger partial charge in [0.05, 0.1) is 0 Å². The molecule has 0 aromatic rings. The van der Waals surface area contributed by atoms with E-state index >= 15 is 0 Å². The van der Waals surface area contributed by atoms with Gasteiger partial charge in [-0.25, -0.2) is 0 Å². The molecular formula is H10CdCl2O5. The van der Waals surface area contributed by atoms with Gasteiger partial charge < -0.3 is 27.4 Å². The van der Waals surface area contributed by atoms with Crippen molar-refractivity contribution in [3.8, 4) is 0 Å². The van der Waals surface area contributed by atoms with Gasteiger partial charge in [-0.2, -0.15) is 0 Å². The summed E-state index contributed by atoms with van der Waals surface area (Å²) in [4.78, 5) is 0. The van der Waals surface area contributed by atoms with Gasteiger partial charge in [0.25, 0.3) is 0 Å². The molecule has 0 aliphatic carbocycles. The van der Waals surface area contributed by atoms with Crippen LogP contribution in [0.3, 0.4) is 0 Å². The standard InChI is InChI=1S/Cd.2ClH.5H2O/h;2*1H;5*1H2/q+2;;;;;;;/p-2. The van der Waals surface area contributed by atoms with Crippen LogP contribution >= 0.6 is 16.6 Å². The number of rotatable bonds is 0. The molecule has 0 aromatic carbocycles. The van der Waals surface area contributed by atoms with Crippen molar-refractivity contribution >= 4 is 16.6 Å². The Morgan fingerprint density at radius 2 is 0.625 bits per heavy atom. The summed E-state index contributed by atoms with van der Waals surface area (Å²) in [6.45, 7) is 0. The van der Waals surface area contributed by atoms with Gasteiger partial charge in [-0.15, -0.1) is 0 Å². The first-order chi connectivity index (χ1) is 1.41. The van der Waals surface area contributed by atoms with Crippen molar-refractivity contribution in [3.63, 3.8) is 0 Å². The molecule has 0 saturated carbocycles. The van der Waals surface area contributed by atoms with E-state index in [0.29, 0.717) is 0 Å². The summed E-state index contributed by atoms with van der Waals surface area (Å²) in [6.07, 6.45) is 0. The second-order valence-corrected chi connectivity index (χ2v) is 6.10. The quantitative estimate of drug-likeness (QED) is 0.419. The van der Waals surface area contributed by atoms with Crippen LogP contribution in [0.15, 0.2) is 0 Å². The zero-order valence-corrected chi connectivity index (χ0v) is 9.51. The van der Waals surface area contributed by atoms with E-state index in [9.17, 15) is 0 Å². The van der Waals surface area contributed by atoms with Crippen molar-refractivity contribution < 1.29 is 49.2 Å². The first-order valence-electron chi connectivity index (χ1n) is 0.535. The van der Waals surface area contributed by atoms with Gasteiger partial charge in [-0.1, -0.05) is 0 Å². The molecule has 0 rings (SSSR count). The van der Waals surface area contributed by atoms with Crippen molar-refractivity contribution in [2.45, 2.75) is 0 Å². The second kappa shape index (κ2) is 83.5. The molecular weight excluding hydrogens is 263 g/mol. The topological polar surface area (TPSA) is 158 Å². The Kier molecular flexibility index (Phi) is 614. The van der Waals surface area contributed by atoms with Gasteiger partial charge in [0.15, 0.2) is 0 Å². The third-order valence-corrected chi connectivity index (χ3v) is 0. The first kappa shape index (κ1) is 58.8. The van der Waals surface area contributed by atoms with E-state index in [1.807, 2.05) is 0 Å². The molecule has 0 spiro atoms. The molecule has 8 heteroatoms. The Morgan fingerprint density at radius 1 is 0.625 bits per heavy atom. The van der Waals surface area contributed by atoms with Crippen LogP contribution in [0.25, 0.3) is 0 Å². The maximum absolute atomic E-state index is 4.97. The summed E-state index contributed by atoms with van der Waals surface area (Å²) in [5, 5.41) is 0. The minimum absolute atomic E-state index is 0. The van der Waals surface area contributed by atoms with Gasteiger partial charge in [-0.3, -0.25) is 0 Å². The number of halogens is 2. The summed E-state index contributed by atoms with van der Waals surface area (Å²) in [7, 11) is 9.95. The average molecular weight is 273 g/mol. The molecule has 0 unspecified atom stereocenters. The van der Waals surface area contributed by atoms with E-state index in [0.717, 1.165) is 0 Å². The molecule has 0 atom stereocenters. The van der Waals surface area contributed by atoms with E-state index in [-0.39, 0.29) is 27.4 Å².